The third-order valence-corrected chi connectivity index (χ3v) is 4.08. The summed E-state index contributed by atoms with van der Waals surface area (Å²) in [6.45, 7) is 4.89. The van der Waals surface area contributed by atoms with Crippen LogP contribution < -0.4 is 5.32 Å². The van der Waals surface area contributed by atoms with Gasteiger partial charge in [0.05, 0.1) is 5.02 Å². The van der Waals surface area contributed by atoms with E-state index in [1.807, 2.05) is 19.2 Å². The van der Waals surface area contributed by atoms with Gasteiger partial charge >= 0.3 is 0 Å². The number of aliphatic hydroxyl groups excluding tert-OH is 1. The number of pyridine rings is 1. The molecule has 0 aliphatic heterocycles. The van der Waals surface area contributed by atoms with Crippen LogP contribution in [-0.4, -0.2) is 27.8 Å². The Bertz CT molecular complexity index is 623. The molecule has 3 N–H and O–H groups in total. The lowest BCUT2D eigenvalue weighted by Crippen LogP contribution is -2.32. The summed E-state index contributed by atoms with van der Waals surface area (Å²) >= 11 is 6.29. The van der Waals surface area contributed by atoms with E-state index in [0.717, 1.165) is 36.0 Å². The first-order valence-corrected chi connectivity index (χ1v) is 8.24. The van der Waals surface area contributed by atoms with Crippen molar-refractivity contribution in [1.82, 2.24) is 15.3 Å². The predicted octanol–water partition coefficient (Wildman–Crippen LogP) is 3.96. The molecule has 0 saturated carbocycles. The molecule has 0 bridgehead atoms. The average molecular weight is 322 g/mol. The van der Waals surface area contributed by atoms with Gasteiger partial charge in [-0.3, -0.25) is 5.32 Å². The fourth-order valence-electron chi connectivity index (χ4n) is 2.47. The first-order chi connectivity index (χ1) is 10.7. The Hall–Kier alpha value is -1.36. The number of aromatic amines is 1. The van der Waals surface area contributed by atoms with Gasteiger partial charge in [-0.25, -0.2) is 4.98 Å². The van der Waals surface area contributed by atoms with Gasteiger partial charge in [0.15, 0.2) is 0 Å². The summed E-state index contributed by atoms with van der Waals surface area (Å²) in [6.07, 6.45) is 10.2. The summed E-state index contributed by atoms with van der Waals surface area (Å²) in [6, 6.07) is 1.99. The van der Waals surface area contributed by atoms with Crippen LogP contribution in [0.15, 0.2) is 24.5 Å². The highest BCUT2D eigenvalue weighted by Crippen LogP contribution is 2.25. The lowest BCUT2D eigenvalue weighted by Gasteiger charge is -2.16. The smallest absolute Gasteiger partial charge is 0.137 e. The van der Waals surface area contributed by atoms with E-state index in [-0.39, 0.29) is 0 Å². The molecule has 1 unspecified atom stereocenters. The monoisotopic (exact) mass is 321 g/mol. The zero-order valence-electron chi connectivity index (χ0n) is 13.1. The van der Waals surface area contributed by atoms with Crippen molar-refractivity contribution < 1.29 is 5.11 Å². The van der Waals surface area contributed by atoms with E-state index in [9.17, 15) is 5.11 Å². The standard InChI is InChI=1S/C17H24ClN3O/c1-3-5-12(10-20-16(22)4-2)6-7-13-14-8-9-19-17(14)21-11-15(13)18/h6-9,11-12,16,20,22H,3-5,10H2,1-2H3,(H,19,21)/b7-6-/t12-,16?/m0/s1. The molecule has 0 fully saturated rings. The third-order valence-electron chi connectivity index (χ3n) is 3.78. The number of halogens is 1. The molecule has 2 heterocycles. The Kier molecular flexibility index (Phi) is 6.43. The molecule has 120 valence electrons. The van der Waals surface area contributed by atoms with Crippen molar-refractivity contribution in [2.45, 2.75) is 39.3 Å². The van der Waals surface area contributed by atoms with Gasteiger partial charge in [0.2, 0.25) is 0 Å². The zero-order valence-corrected chi connectivity index (χ0v) is 13.9. The summed E-state index contributed by atoms with van der Waals surface area (Å²) in [5.74, 6) is 0.365. The summed E-state index contributed by atoms with van der Waals surface area (Å²) < 4.78 is 0. The van der Waals surface area contributed by atoms with Crippen LogP contribution in [0, 0.1) is 5.92 Å². The minimum atomic E-state index is -0.436. The molecule has 5 heteroatoms. The Labute approximate surface area is 136 Å². The number of rotatable bonds is 8. The number of fused-ring (bicyclic) bond motifs is 1. The topological polar surface area (TPSA) is 60.9 Å². The molecule has 2 aromatic rings. The van der Waals surface area contributed by atoms with Gasteiger partial charge in [0.25, 0.3) is 0 Å². The largest absolute Gasteiger partial charge is 0.379 e. The molecular weight excluding hydrogens is 298 g/mol. The van der Waals surface area contributed by atoms with E-state index in [4.69, 9.17) is 11.6 Å². The number of nitrogens with one attached hydrogen (secondary N) is 2. The molecular formula is C17H24ClN3O. The second-order valence-electron chi connectivity index (χ2n) is 5.50. The Morgan fingerprint density at radius 2 is 2.27 bits per heavy atom. The van der Waals surface area contributed by atoms with E-state index in [2.05, 4.69) is 34.4 Å². The fourth-order valence-corrected chi connectivity index (χ4v) is 2.69. The van der Waals surface area contributed by atoms with Crippen molar-refractivity contribution in [3.05, 3.63) is 35.1 Å². The first-order valence-electron chi connectivity index (χ1n) is 7.86. The van der Waals surface area contributed by atoms with Gasteiger partial charge in [-0.05, 0) is 24.8 Å². The Morgan fingerprint density at radius 1 is 1.45 bits per heavy atom. The van der Waals surface area contributed by atoms with Crippen molar-refractivity contribution in [1.29, 1.82) is 0 Å². The van der Waals surface area contributed by atoms with Gasteiger partial charge in [-0.2, -0.15) is 0 Å². The number of aromatic nitrogens is 2. The molecule has 22 heavy (non-hydrogen) atoms. The summed E-state index contributed by atoms with van der Waals surface area (Å²) in [7, 11) is 0. The van der Waals surface area contributed by atoms with E-state index in [0.29, 0.717) is 17.4 Å². The Balaban J connectivity index is 2.15. The van der Waals surface area contributed by atoms with Gasteiger partial charge in [-0.1, -0.05) is 44.0 Å². The maximum absolute atomic E-state index is 9.65. The fraction of sp³-hybridized carbons (Fsp3) is 0.471. The van der Waals surface area contributed by atoms with E-state index < -0.39 is 6.23 Å². The highest BCUT2D eigenvalue weighted by atomic mass is 35.5. The van der Waals surface area contributed by atoms with Gasteiger partial charge in [0, 0.05) is 29.9 Å². The minimum absolute atomic E-state index is 0.365. The van der Waals surface area contributed by atoms with Crippen LogP contribution in [0.25, 0.3) is 17.1 Å². The van der Waals surface area contributed by atoms with Crippen LogP contribution in [-0.2, 0) is 0 Å². The summed E-state index contributed by atoms with van der Waals surface area (Å²) in [5, 5.41) is 14.5. The van der Waals surface area contributed by atoms with Crippen LogP contribution in [0.3, 0.4) is 0 Å². The van der Waals surface area contributed by atoms with Crippen LogP contribution in [0.1, 0.15) is 38.7 Å². The van der Waals surface area contributed by atoms with Gasteiger partial charge < -0.3 is 10.1 Å². The number of nitrogens with zero attached hydrogens (tertiary/aromatic N) is 1. The zero-order chi connectivity index (χ0) is 15.9. The van der Waals surface area contributed by atoms with Crippen LogP contribution in [0.4, 0.5) is 0 Å². The second-order valence-corrected chi connectivity index (χ2v) is 5.91. The molecule has 2 atom stereocenters. The van der Waals surface area contributed by atoms with Crippen molar-refractivity contribution in [2.75, 3.05) is 6.54 Å². The molecule has 2 aromatic heterocycles. The van der Waals surface area contributed by atoms with Crippen LogP contribution in [0.2, 0.25) is 5.02 Å². The van der Waals surface area contributed by atoms with Crippen molar-refractivity contribution in [3.8, 4) is 0 Å². The average Bonchev–Trinajstić information content (AvgIpc) is 2.99. The van der Waals surface area contributed by atoms with Crippen LogP contribution >= 0.6 is 11.6 Å². The number of aliphatic hydroxyl groups is 1. The maximum Gasteiger partial charge on any atom is 0.137 e. The lowest BCUT2D eigenvalue weighted by atomic mass is 10.0. The van der Waals surface area contributed by atoms with Crippen molar-refractivity contribution in [3.63, 3.8) is 0 Å². The highest BCUT2D eigenvalue weighted by molar-refractivity contribution is 6.33. The third kappa shape index (κ3) is 4.32. The van der Waals surface area contributed by atoms with E-state index in [1.165, 1.54) is 0 Å². The van der Waals surface area contributed by atoms with Crippen molar-refractivity contribution >= 4 is 28.7 Å². The summed E-state index contributed by atoms with van der Waals surface area (Å²) in [4.78, 5) is 7.37. The highest BCUT2D eigenvalue weighted by Gasteiger charge is 2.09. The molecule has 0 amide bonds. The molecule has 0 saturated heterocycles. The number of hydrogen-bond acceptors (Lipinski definition) is 3. The molecule has 0 aliphatic rings. The number of H-pyrrole nitrogens is 1. The maximum atomic E-state index is 9.65. The molecule has 4 nitrogen and oxygen atoms in total. The molecule has 0 spiro atoms. The molecule has 0 aliphatic carbocycles. The Morgan fingerprint density at radius 3 is 3.00 bits per heavy atom. The number of hydrogen-bond donors (Lipinski definition) is 3. The van der Waals surface area contributed by atoms with E-state index in [1.54, 1.807) is 6.20 Å². The van der Waals surface area contributed by atoms with E-state index >= 15 is 0 Å². The second kappa shape index (κ2) is 8.32. The molecule has 0 aromatic carbocycles. The lowest BCUT2D eigenvalue weighted by molar-refractivity contribution is 0.129. The van der Waals surface area contributed by atoms with Crippen molar-refractivity contribution in [2.24, 2.45) is 5.92 Å². The SMILES string of the molecule is CCC[C@@H](/C=C\c1c(Cl)cnc2[nH]ccc12)CNC(O)CC. The van der Waals surface area contributed by atoms with Gasteiger partial charge in [0.1, 0.15) is 11.9 Å². The quantitative estimate of drug-likeness (QED) is 0.645. The first kappa shape index (κ1) is 17.0. The normalized spacial score (nSPS) is 14.7. The molecule has 2 rings (SSSR count). The summed E-state index contributed by atoms with van der Waals surface area (Å²) in [5.41, 5.74) is 1.83. The van der Waals surface area contributed by atoms with Gasteiger partial charge in [-0.15, -0.1) is 0 Å². The molecule has 0 radical (unpaired) electrons. The minimum Gasteiger partial charge on any atom is -0.379 e. The predicted molar refractivity (Wildman–Crippen MR) is 92.8 cm³/mol. The van der Waals surface area contributed by atoms with Crippen LogP contribution in [0.5, 0.6) is 0 Å².